The van der Waals surface area contributed by atoms with Crippen molar-refractivity contribution in [2.24, 2.45) is 0 Å². The zero-order valence-electron chi connectivity index (χ0n) is 11.9. The molecule has 0 fully saturated rings. The number of anilines is 1. The highest BCUT2D eigenvalue weighted by Crippen LogP contribution is 2.33. The Hall–Kier alpha value is -2.08. The Bertz CT molecular complexity index is 772. The summed E-state index contributed by atoms with van der Waals surface area (Å²) in [6.45, 7) is 0.587. The standard InChI is InChI=1S/C16H16FNO3S/c17-14-8-6-12(7-9-14)11-22(19,20)18-15-5-1-3-13-4-2-10-21-16(13)15/h1,3,5-9,18H,2,4,10-11H2. The molecular weight excluding hydrogens is 305 g/mol. The van der Waals surface area contributed by atoms with Crippen molar-refractivity contribution < 1.29 is 17.5 Å². The molecule has 0 bridgehead atoms. The summed E-state index contributed by atoms with van der Waals surface area (Å²) >= 11 is 0. The molecule has 0 atom stereocenters. The highest BCUT2D eigenvalue weighted by Gasteiger charge is 2.19. The van der Waals surface area contributed by atoms with Crippen LogP contribution in [0.2, 0.25) is 0 Å². The molecule has 4 nitrogen and oxygen atoms in total. The average molecular weight is 321 g/mol. The number of halogens is 1. The van der Waals surface area contributed by atoms with Crippen LogP contribution in [0, 0.1) is 5.82 Å². The minimum absolute atomic E-state index is 0.211. The topological polar surface area (TPSA) is 55.4 Å². The van der Waals surface area contributed by atoms with E-state index in [-0.39, 0.29) is 11.6 Å². The second kappa shape index (κ2) is 5.96. The van der Waals surface area contributed by atoms with E-state index in [0.717, 1.165) is 18.4 Å². The SMILES string of the molecule is O=S(=O)(Cc1ccc(F)cc1)Nc1cccc2c1OCCC2. The fraction of sp³-hybridized carbons (Fsp3) is 0.250. The molecule has 6 heteroatoms. The maximum absolute atomic E-state index is 12.9. The number of hydrogen-bond donors (Lipinski definition) is 1. The van der Waals surface area contributed by atoms with E-state index in [0.29, 0.717) is 23.6 Å². The maximum Gasteiger partial charge on any atom is 0.237 e. The molecule has 0 spiro atoms. The fourth-order valence-corrected chi connectivity index (χ4v) is 3.67. The number of nitrogens with one attached hydrogen (secondary N) is 1. The monoisotopic (exact) mass is 321 g/mol. The number of ether oxygens (including phenoxy) is 1. The Morgan fingerprint density at radius 1 is 1.14 bits per heavy atom. The molecule has 0 radical (unpaired) electrons. The van der Waals surface area contributed by atoms with Gasteiger partial charge in [-0.1, -0.05) is 24.3 Å². The first kappa shape index (κ1) is 14.8. The molecule has 2 aromatic rings. The predicted molar refractivity (Wildman–Crippen MR) is 82.9 cm³/mol. The van der Waals surface area contributed by atoms with Crippen molar-refractivity contribution in [3.63, 3.8) is 0 Å². The summed E-state index contributed by atoms with van der Waals surface area (Å²) in [6, 6.07) is 10.9. The molecule has 1 heterocycles. The predicted octanol–water partition coefficient (Wildman–Crippen LogP) is 3.09. The van der Waals surface area contributed by atoms with Crippen molar-refractivity contribution in [1.29, 1.82) is 0 Å². The van der Waals surface area contributed by atoms with Crippen LogP contribution in [-0.4, -0.2) is 15.0 Å². The molecule has 0 aliphatic carbocycles. The first-order valence-electron chi connectivity index (χ1n) is 7.03. The van der Waals surface area contributed by atoms with Crippen molar-refractivity contribution in [2.75, 3.05) is 11.3 Å². The number of aryl methyl sites for hydroxylation is 1. The smallest absolute Gasteiger partial charge is 0.237 e. The summed E-state index contributed by atoms with van der Waals surface area (Å²) in [4.78, 5) is 0. The Morgan fingerprint density at radius 2 is 1.91 bits per heavy atom. The third-order valence-corrected chi connectivity index (χ3v) is 4.71. The molecule has 1 aliphatic rings. The van der Waals surface area contributed by atoms with Crippen molar-refractivity contribution in [2.45, 2.75) is 18.6 Å². The number of fused-ring (bicyclic) bond motifs is 1. The van der Waals surface area contributed by atoms with Crippen LogP contribution in [0.4, 0.5) is 10.1 Å². The van der Waals surface area contributed by atoms with E-state index in [4.69, 9.17) is 4.74 Å². The van der Waals surface area contributed by atoms with Crippen molar-refractivity contribution in [1.82, 2.24) is 0 Å². The fourth-order valence-electron chi connectivity index (χ4n) is 2.47. The third-order valence-electron chi connectivity index (χ3n) is 3.47. The summed E-state index contributed by atoms with van der Waals surface area (Å²) in [5, 5.41) is 0. The van der Waals surface area contributed by atoms with Gasteiger partial charge in [0.15, 0.2) is 0 Å². The van der Waals surface area contributed by atoms with Gasteiger partial charge in [-0.2, -0.15) is 0 Å². The second-order valence-corrected chi connectivity index (χ2v) is 6.96. The third kappa shape index (κ3) is 3.39. The first-order chi connectivity index (χ1) is 10.5. The molecule has 0 unspecified atom stereocenters. The van der Waals surface area contributed by atoms with Gasteiger partial charge in [0.05, 0.1) is 18.0 Å². The maximum atomic E-state index is 12.9. The van der Waals surface area contributed by atoms with Crippen LogP contribution in [0.1, 0.15) is 17.5 Å². The zero-order chi connectivity index (χ0) is 15.6. The lowest BCUT2D eigenvalue weighted by Crippen LogP contribution is -2.17. The Kier molecular flexibility index (Phi) is 4.02. The molecular formula is C16H16FNO3S. The van der Waals surface area contributed by atoms with Crippen molar-refractivity contribution >= 4 is 15.7 Å². The molecule has 0 amide bonds. The van der Waals surface area contributed by atoms with E-state index in [9.17, 15) is 12.8 Å². The van der Waals surface area contributed by atoms with Crippen LogP contribution in [0.25, 0.3) is 0 Å². The van der Waals surface area contributed by atoms with E-state index in [1.165, 1.54) is 24.3 Å². The highest BCUT2D eigenvalue weighted by molar-refractivity contribution is 7.91. The zero-order valence-corrected chi connectivity index (χ0v) is 12.7. The molecule has 0 aromatic heterocycles. The number of rotatable bonds is 4. The van der Waals surface area contributed by atoms with Gasteiger partial charge in [0.25, 0.3) is 0 Å². The van der Waals surface area contributed by atoms with E-state index >= 15 is 0 Å². The van der Waals surface area contributed by atoms with E-state index in [1.54, 1.807) is 6.07 Å². The quantitative estimate of drug-likeness (QED) is 0.941. The van der Waals surface area contributed by atoms with Gasteiger partial charge in [0, 0.05) is 0 Å². The summed E-state index contributed by atoms with van der Waals surface area (Å²) in [5.74, 6) is 0.00722. The van der Waals surface area contributed by atoms with Gasteiger partial charge in [-0.3, -0.25) is 4.72 Å². The number of sulfonamides is 1. The average Bonchev–Trinajstić information content (AvgIpc) is 2.49. The van der Waals surface area contributed by atoms with Gasteiger partial charge >= 0.3 is 0 Å². The van der Waals surface area contributed by atoms with Crippen LogP contribution >= 0.6 is 0 Å². The molecule has 3 rings (SSSR count). The molecule has 0 saturated carbocycles. The van der Waals surface area contributed by atoms with E-state index in [2.05, 4.69) is 4.72 Å². The van der Waals surface area contributed by atoms with Crippen molar-refractivity contribution in [3.05, 3.63) is 59.4 Å². The van der Waals surface area contributed by atoms with Crippen LogP contribution in [0.5, 0.6) is 5.75 Å². The lowest BCUT2D eigenvalue weighted by atomic mass is 10.1. The number of benzene rings is 2. The highest BCUT2D eigenvalue weighted by atomic mass is 32.2. The first-order valence-corrected chi connectivity index (χ1v) is 8.68. The summed E-state index contributed by atoms with van der Waals surface area (Å²) in [5.41, 5.74) is 1.99. The Balaban J connectivity index is 1.81. The second-order valence-electron chi connectivity index (χ2n) is 5.23. The Morgan fingerprint density at radius 3 is 2.68 bits per heavy atom. The van der Waals surface area contributed by atoms with Gasteiger partial charge < -0.3 is 4.74 Å². The van der Waals surface area contributed by atoms with Crippen molar-refractivity contribution in [3.8, 4) is 5.75 Å². The largest absolute Gasteiger partial charge is 0.491 e. The van der Waals surface area contributed by atoms with Gasteiger partial charge in [-0.15, -0.1) is 0 Å². The Labute approximate surface area is 129 Å². The lowest BCUT2D eigenvalue weighted by Gasteiger charge is -2.20. The minimum Gasteiger partial charge on any atom is -0.491 e. The molecule has 116 valence electrons. The summed E-state index contributed by atoms with van der Waals surface area (Å²) in [7, 11) is -3.59. The molecule has 0 saturated heterocycles. The van der Waals surface area contributed by atoms with E-state index < -0.39 is 10.0 Å². The normalized spacial score (nSPS) is 14.0. The van der Waals surface area contributed by atoms with Crippen LogP contribution in [0.15, 0.2) is 42.5 Å². The lowest BCUT2D eigenvalue weighted by molar-refractivity contribution is 0.290. The molecule has 1 aliphatic heterocycles. The number of para-hydroxylation sites is 1. The van der Waals surface area contributed by atoms with Crippen LogP contribution in [0.3, 0.4) is 0 Å². The molecule has 1 N–H and O–H groups in total. The molecule has 22 heavy (non-hydrogen) atoms. The van der Waals surface area contributed by atoms with Crippen LogP contribution in [-0.2, 0) is 22.2 Å². The summed E-state index contributed by atoms with van der Waals surface area (Å²) < 4.78 is 45.6. The molecule has 2 aromatic carbocycles. The van der Waals surface area contributed by atoms with Crippen LogP contribution < -0.4 is 9.46 Å². The summed E-state index contributed by atoms with van der Waals surface area (Å²) in [6.07, 6.45) is 1.81. The van der Waals surface area contributed by atoms with Gasteiger partial charge in [0.2, 0.25) is 10.0 Å². The van der Waals surface area contributed by atoms with Gasteiger partial charge in [0.1, 0.15) is 11.6 Å². The van der Waals surface area contributed by atoms with Gasteiger partial charge in [-0.05, 0) is 42.2 Å². The number of hydrogen-bond acceptors (Lipinski definition) is 3. The van der Waals surface area contributed by atoms with Gasteiger partial charge in [-0.25, -0.2) is 12.8 Å². The van der Waals surface area contributed by atoms with E-state index in [1.807, 2.05) is 12.1 Å². The minimum atomic E-state index is -3.59.